The van der Waals surface area contributed by atoms with Crippen molar-refractivity contribution in [2.45, 2.75) is 18.9 Å². The van der Waals surface area contributed by atoms with Gasteiger partial charge in [0.25, 0.3) is 0 Å². The van der Waals surface area contributed by atoms with Gasteiger partial charge in [-0.3, -0.25) is 14.0 Å². The van der Waals surface area contributed by atoms with Crippen LogP contribution in [0.3, 0.4) is 0 Å². The predicted molar refractivity (Wildman–Crippen MR) is 147 cm³/mol. The van der Waals surface area contributed by atoms with Crippen molar-refractivity contribution in [3.8, 4) is 5.75 Å². The molecule has 8 heteroatoms. The summed E-state index contributed by atoms with van der Waals surface area (Å²) in [5.74, 6) is 0.729. The van der Waals surface area contributed by atoms with Gasteiger partial charge in [0.15, 0.2) is 0 Å². The Balaban J connectivity index is 1.34. The first-order chi connectivity index (χ1) is 17.9. The van der Waals surface area contributed by atoms with Crippen molar-refractivity contribution in [3.05, 3.63) is 96.1 Å². The molecule has 1 saturated heterocycles. The summed E-state index contributed by atoms with van der Waals surface area (Å²) < 4.78 is 31.3. The molecule has 3 aromatic carbocycles. The molecule has 0 aromatic heterocycles. The van der Waals surface area contributed by atoms with Gasteiger partial charge in [0.2, 0.25) is 15.9 Å². The van der Waals surface area contributed by atoms with Gasteiger partial charge in [-0.2, -0.15) is 0 Å². The number of sulfonamides is 1. The van der Waals surface area contributed by atoms with Gasteiger partial charge < -0.3 is 9.64 Å². The molecule has 196 valence electrons. The van der Waals surface area contributed by atoms with Crippen molar-refractivity contribution in [1.82, 2.24) is 9.80 Å². The van der Waals surface area contributed by atoms with Crippen LogP contribution in [0.2, 0.25) is 0 Å². The minimum absolute atomic E-state index is 0.0683. The van der Waals surface area contributed by atoms with Crippen molar-refractivity contribution in [2.24, 2.45) is 0 Å². The van der Waals surface area contributed by atoms with Crippen LogP contribution in [0.4, 0.5) is 5.69 Å². The summed E-state index contributed by atoms with van der Waals surface area (Å²) in [7, 11) is -1.90. The molecule has 1 fully saturated rings. The third-order valence-corrected chi connectivity index (χ3v) is 7.97. The first-order valence-corrected chi connectivity index (χ1v) is 14.4. The van der Waals surface area contributed by atoms with Crippen molar-refractivity contribution < 1.29 is 17.9 Å². The minimum Gasteiger partial charge on any atom is -0.497 e. The molecule has 3 aromatic rings. The molecule has 0 radical (unpaired) electrons. The van der Waals surface area contributed by atoms with E-state index in [1.165, 1.54) is 21.7 Å². The summed E-state index contributed by atoms with van der Waals surface area (Å²) in [5, 5.41) is 0. The molecule has 4 rings (SSSR count). The molecule has 0 spiro atoms. The summed E-state index contributed by atoms with van der Waals surface area (Å²) in [4.78, 5) is 17.3. The second-order valence-corrected chi connectivity index (χ2v) is 11.2. The van der Waals surface area contributed by atoms with Crippen LogP contribution in [0.15, 0.2) is 84.9 Å². The number of rotatable bonds is 10. The van der Waals surface area contributed by atoms with E-state index in [1.54, 1.807) is 31.4 Å². The second kappa shape index (κ2) is 12.3. The molecule has 0 unspecified atom stereocenters. The normalized spacial score (nSPS) is 14.5. The summed E-state index contributed by atoms with van der Waals surface area (Å²) in [6, 6.07) is 28.0. The van der Waals surface area contributed by atoms with Gasteiger partial charge in [0, 0.05) is 39.1 Å². The fourth-order valence-corrected chi connectivity index (χ4v) is 5.85. The van der Waals surface area contributed by atoms with Crippen LogP contribution < -0.4 is 9.04 Å². The van der Waals surface area contributed by atoms with E-state index < -0.39 is 10.0 Å². The van der Waals surface area contributed by atoms with Gasteiger partial charge in [-0.25, -0.2) is 8.42 Å². The monoisotopic (exact) mass is 521 g/mol. The highest BCUT2D eigenvalue weighted by molar-refractivity contribution is 7.92. The van der Waals surface area contributed by atoms with Crippen molar-refractivity contribution in [3.63, 3.8) is 0 Å². The van der Waals surface area contributed by atoms with E-state index in [-0.39, 0.29) is 18.5 Å². The highest BCUT2D eigenvalue weighted by Crippen LogP contribution is 2.29. The predicted octanol–water partition coefficient (Wildman–Crippen LogP) is 4.18. The van der Waals surface area contributed by atoms with E-state index in [9.17, 15) is 13.2 Å². The highest BCUT2D eigenvalue weighted by atomic mass is 32.2. The fraction of sp³-hybridized carbons (Fsp3) is 0.345. The van der Waals surface area contributed by atoms with Crippen LogP contribution in [-0.4, -0.2) is 70.2 Å². The van der Waals surface area contributed by atoms with E-state index in [0.29, 0.717) is 37.4 Å². The second-order valence-electron chi connectivity index (χ2n) is 9.28. The lowest BCUT2D eigenvalue weighted by Gasteiger charge is -2.40. The maximum Gasteiger partial charge on any atom is 0.232 e. The van der Waals surface area contributed by atoms with Gasteiger partial charge in [-0.15, -0.1) is 0 Å². The average Bonchev–Trinajstić information content (AvgIpc) is 2.92. The molecule has 0 saturated carbocycles. The largest absolute Gasteiger partial charge is 0.497 e. The number of anilines is 1. The molecular weight excluding hydrogens is 486 g/mol. The Bertz CT molecular complexity index is 1200. The molecule has 7 nitrogen and oxygen atoms in total. The Labute approximate surface area is 220 Å². The SMILES string of the molecule is COc1ccc(N(CCCC(=O)N2CCN(C(c3ccccc3)c3ccccc3)CC2)S(C)(=O)=O)cc1. The zero-order chi connectivity index (χ0) is 26.3. The number of piperazine rings is 1. The molecule has 0 atom stereocenters. The molecule has 0 aliphatic carbocycles. The first kappa shape index (κ1) is 26.7. The fourth-order valence-electron chi connectivity index (χ4n) is 4.88. The van der Waals surface area contributed by atoms with Crippen molar-refractivity contribution in [1.29, 1.82) is 0 Å². The van der Waals surface area contributed by atoms with E-state index >= 15 is 0 Å². The van der Waals surface area contributed by atoms with Crippen LogP contribution in [0.25, 0.3) is 0 Å². The molecule has 1 amide bonds. The van der Waals surface area contributed by atoms with E-state index in [1.807, 2.05) is 17.0 Å². The Kier molecular flexibility index (Phi) is 8.84. The lowest BCUT2D eigenvalue weighted by atomic mass is 9.96. The van der Waals surface area contributed by atoms with Crippen LogP contribution in [0.5, 0.6) is 5.75 Å². The quantitative estimate of drug-likeness (QED) is 0.401. The zero-order valence-corrected chi connectivity index (χ0v) is 22.3. The van der Waals surface area contributed by atoms with Crippen molar-refractivity contribution in [2.75, 3.05) is 50.4 Å². The number of amides is 1. The molecule has 37 heavy (non-hydrogen) atoms. The summed E-state index contributed by atoms with van der Waals surface area (Å²) in [6.07, 6.45) is 1.95. The highest BCUT2D eigenvalue weighted by Gasteiger charge is 2.28. The number of ether oxygens (including phenoxy) is 1. The molecule has 1 heterocycles. The van der Waals surface area contributed by atoms with Crippen LogP contribution in [-0.2, 0) is 14.8 Å². The number of methoxy groups -OCH3 is 1. The Morgan fingerprint density at radius 1 is 0.865 bits per heavy atom. The third-order valence-electron chi connectivity index (χ3n) is 6.78. The van der Waals surface area contributed by atoms with E-state index in [0.717, 1.165) is 13.1 Å². The number of benzene rings is 3. The third kappa shape index (κ3) is 6.90. The maximum atomic E-state index is 13.0. The number of carbonyl (C=O) groups excluding carboxylic acids is 1. The van der Waals surface area contributed by atoms with Crippen LogP contribution in [0, 0.1) is 0 Å². The molecule has 1 aliphatic heterocycles. The van der Waals surface area contributed by atoms with E-state index in [2.05, 4.69) is 53.4 Å². The van der Waals surface area contributed by atoms with Crippen LogP contribution >= 0.6 is 0 Å². The number of nitrogens with zero attached hydrogens (tertiary/aromatic N) is 3. The number of hydrogen-bond donors (Lipinski definition) is 0. The molecule has 1 aliphatic rings. The van der Waals surface area contributed by atoms with Gasteiger partial charge in [0.1, 0.15) is 5.75 Å². The summed E-state index contributed by atoms with van der Waals surface area (Å²) in [5.41, 5.74) is 3.05. The molecular formula is C29H35N3O4S. The van der Waals surface area contributed by atoms with Gasteiger partial charge in [0.05, 0.1) is 25.1 Å². The zero-order valence-electron chi connectivity index (χ0n) is 21.5. The van der Waals surface area contributed by atoms with Gasteiger partial charge >= 0.3 is 0 Å². The lowest BCUT2D eigenvalue weighted by molar-refractivity contribution is -0.133. The first-order valence-electron chi connectivity index (χ1n) is 12.6. The smallest absolute Gasteiger partial charge is 0.232 e. The Hall–Kier alpha value is -3.36. The van der Waals surface area contributed by atoms with E-state index in [4.69, 9.17) is 4.74 Å². The van der Waals surface area contributed by atoms with Gasteiger partial charge in [-0.1, -0.05) is 60.7 Å². The summed E-state index contributed by atoms with van der Waals surface area (Å²) in [6.45, 7) is 3.12. The number of carbonyl (C=O) groups is 1. The van der Waals surface area contributed by atoms with Crippen molar-refractivity contribution >= 4 is 21.6 Å². The Morgan fingerprint density at radius 3 is 1.89 bits per heavy atom. The topological polar surface area (TPSA) is 70.2 Å². The molecule has 0 bridgehead atoms. The minimum atomic E-state index is -3.47. The van der Waals surface area contributed by atoms with Crippen LogP contribution in [0.1, 0.15) is 30.0 Å². The molecule has 0 N–H and O–H groups in total. The lowest BCUT2D eigenvalue weighted by Crippen LogP contribution is -2.50. The average molecular weight is 522 g/mol. The Morgan fingerprint density at radius 2 is 1.41 bits per heavy atom. The summed E-state index contributed by atoms with van der Waals surface area (Å²) >= 11 is 0. The number of hydrogen-bond acceptors (Lipinski definition) is 5. The standard InChI is InChI=1S/C29H35N3O4S/c1-36-27-17-15-26(16-18-27)32(37(2,34)35)19-9-14-28(33)30-20-22-31(23-21-30)29(24-10-5-3-6-11-24)25-12-7-4-8-13-25/h3-8,10-13,15-18,29H,9,14,19-23H2,1-2H3. The van der Waals surface area contributed by atoms with Gasteiger partial charge in [-0.05, 0) is 41.8 Å². The maximum absolute atomic E-state index is 13.0.